The van der Waals surface area contributed by atoms with Gasteiger partial charge in [-0.15, -0.1) is 0 Å². The predicted octanol–water partition coefficient (Wildman–Crippen LogP) is 1.45. The third kappa shape index (κ3) is 4.08. The van der Waals surface area contributed by atoms with Crippen molar-refractivity contribution < 1.29 is 14.3 Å². The minimum atomic E-state index is -0.158. The summed E-state index contributed by atoms with van der Waals surface area (Å²) in [7, 11) is 1.61. The van der Waals surface area contributed by atoms with Gasteiger partial charge in [-0.2, -0.15) is 0 Å². The smallest absolute Gasteiger partial charge is 0.272 e. The summed E-state index contributed by atoms with van der Waals surface area (Å²) in [5.41, 5.74) is 1.14. The molecule has 1 N–H and O–H groups in total. The molecule has 0 radical (unpaired) electrons. The van der Waals surface area contributed by atoms with E-state index in [-0.39, 0.29) is 5.91 Å². The van der Waals surface area contributed by atoms with Crippen molar-refractivity contribution in [1.29, 1.82) is 0 Å². The second kappa shape index (κ2) is 7.81. The van der Waals surface area contributed by atoms with Gasteiger partial charge in [0.2, 0.25) is 6.41 Å². The Morgan fingerprint density at radius 1 is 1.19 bits per heavy atom. The van der Waals surface area contributed by atoms with E-state index in [1.54, 1.807) is 29.9 Å². The van der Waals surface area contributed by atoms with Crippen molar-refractivity contribution in [3.05, 3.63) is 41.9 Å². The van der Waals surface area contributed by atoms with Gasteiger partial charge in [0.1, 0.15) is 23.1 Å². The Morgan fingerprint density at radius 3 is 2.65 bits per heavy atom. The van der Waals surface area contributed by atoms with Crippen LogP contribution in [0.15, 0.2) is 30.3 Å². The zero-order valence-corrected chi connectivity index (χ0v) is 14.8. The van der Waals surface area contributed by atoms with E-state index < -0.39 is 0 Å². The summed E-state index contributed by atoms with van der Waals surface area (Å²) < 4.78 is 5.21. The number of ether oxygens (including phenoxy) is 1. The molecule has 0 atom stereocenters. The molecule has 1 aliphatic rings. The highest BCUT2D eigenvalue weighted by Gasteiger charge is 2.23. The Labute approximate surface area is 151 Å². The van der Waals surface area contributed by atoms with Crippen LogP contribution in [-0.2, 0) is 4.79 Å². The molecule has 1 saturated heterocycles. The van der Waals surface area contributed by atoms with Gasteiger partial charge in [-0.3, -0.25) is 9.59 Å². The molecule has 1 aromatic carbocycles. The number of carbonyl (C=O) groups is 2. The van der Waals surface area contributed by atoms with Crippen molar-refractivity contribution in [3.8, 4) is 5.75 Å². The number of nitrogens with one attached hydrogen (secondary N) is 1. The van der Waals surface area contributed by atoms with Crippen molar-refractivity contribution in [3.63, 3.8) is 0 Å². The normalized spacial score (nSPS) is 14.1. The van der Waals surface area contributed by atoms with Crippen LogP contribution in [-0.4, -0.2) is 65.4 Å². The van der Waals surface area contributed by atoms with Gasteiger partial charge < -0.3 is 19.9 Å². The summed E-state index contributed by atoms with van der Waals surface area (Å²) in [5.74, 6) is 1.62. The van der Waals surface area contributed by atoms with Gasteiger partial charge in [0, 0.05) is 44.0 Å². The van der Waals surface area contributed by atoms with Crippen LogP contribution in [0.3, 0.4) is 0 Å². The highest BCUT2D eigenvalue weighted by Crippen LogP contribution is 2.21. The van der Waals surface area contributed by atoms with E-state index in [0.29, 0.717) is 43.5 Å². The first-order valence-corrected chi connectivity index (χ1v) is 8.34. The number of rotatable bonds is 5. The number of hydrogen-bond acceptors (Lipinski definition) is 6. The molecule has 2 amide bonds. The number of anilines is 2. The quantitative estimate of drug-likeness (QED) is 0.817. The fourth-order valence-electron chi connectivity index (χ4n) is 2.78. The zero-order valence-electron chi connectivity index (χ0n) is 14.8. The maximum atomic E-state index is 12.7. The van der Waals surface area contributed by atoms with E-state index in [1.807, 2.05) is 24.3 Å². The molecule has 0 aliphatic carbocycles. The van der Waals surface area contributed by atoms with E-state index in [1.165, 1.54) is 0 Å². The van der Waals surface area contributed by atoms with Gasteiger partial charge in [0.05, 0.1) is 7.11 Å². The summed E-state index contributed by atoms with van der Waals surface area (Å²) in [6.45, 7) is 3.82. The molecule has 0 saturated carbocycles. The number of methoxy groups -OCH3 is 1. The summed E-state index contributed by atoms with van der Waals surface area (Å²) in [6, 6.07) is 9.09. The van der Waals surface area contributed by atoms with Crippen LogP contribution >= 0.6 is 0 Å². The molecule has 26 heavy (non-hydrogen) atoms. The Hall–Kier alpha value is -3.16. The average molecular weight is 355 g/mol. The number of hydrogen-bond donors (Lipinski definition) is 1. The summed E-state index contributed by atoms with van der Waals surface area (Å²) in [4.78, 5) is 35.5. The molecule has 0 bridgehead atoms. The molecule has 8 nitrogen and oxygen atoms in total. The van der Waals surface area contributed by atoms with Crippen molar-refractivity contribution in [2.24, 2.45) is 0 Å². The maximum Gasteiger partial charge on any atom is 0.272 e. The van der Waals surface area contributed by atoms with Crippen LogP contribution in [0, 0.1) is 6.92 Å². The molecule has 3 rings (SSSR count). The molecule has 1 aliphatic heterocycles. The summed E-state index contributed by atoms with van der Waals surface area (Å²) in [6.07, 6.45) is 0.812. The van der Waals surface area contributed by atoms with Gasteiger partial charge in [0.25, 0.3) is 5.91 Å². The lowest BCUT2D eigenvalue weighted by Gasteiger charge is -2.32. The highest BCUT2D eigenvalue weighted by molar-refractivity contribution is 5.93. The van der Waals surface area contributed by atoms with Gasteiger partial charge in [-0.05, 0) is 19.1 Å². The molecule has 1 fully saturated rings. The van der Waals surface area contributed by atoms with Crippen LogP contribution in [0.2, 0.25) is 0 Å². The van der Waals surface area contributed by atoms with Crippen molar-refractivity contribution in [1.82, 2.24) is 19.8 Å². The second-order valence-corrected chi connectivity index (χ2v) is 5.98. The predicted molar refractivity (Wildman–Crippen MR) is 96.6 cm³/mol. The summed E-state index contributed by atoms with van der Waals surface area (Å²) in [5, 5.41) is 3.18. The van der Waals surface area contributed by atoms with Gasteiger partial charge in [-0.25, -0.2) is 9.97 Å². The first kappa shape index (κ1) is 17.7. The third-order valence-electron chi connectivity index (χ3n) is 4.15. The molecule has 0 spiro atoms. The standard InChI is InChI=1S/C18H21N5O3/c1-13-19-16(18(25)23-8-6-22(12-24)7-9-23)11-17(20-13)21-14-4-3-5-15(10-14)26-2/h3-5,10-12H,6-9H2,1-2H3,(H,19,20,21). The second-order valence-electron chi connectivity index (χ2n) is 5.98. The molecular weight excluding hydrogens is 334 g/mol. The monoisotopic (exact) mass is 355 g/mol. The third-order valence-corrected chi connectivity index (χ3v) is 4.15. The van der Waals surface area contributed by atoms with Gasteiger partial charge in [0.15, 0.2) is 0 Å². The first-order valence-electron chi connectivity index (χ1n) is 8.34. The Bertz CT molecular complexity index is 803. The lowest BCUT2D eigenvalue weighted by Crippen LogP contribution is -2.48. The fourth-order valence-corrected chi connectivity index (χ4v) is 2.78. The van der Waals surface area contributed by atoms with E-state index in [0.717, 1.165) is 17.8 Å². The fraction of sp³-hybridized carbons (Fsp3) is 0.333. The van der Waals surface area contributed by atoms with E-state index in [2.05, 4.69) is 15.3 Å². The maximum absolute atomic E-state index is 12.7. The Balaban J connectivity index is 1.76. The summed E-state index contributed by atoms with van der Waals surface area (Å²) >= 11 is 0. The molecule has 8 heteroatoms. The number of aryl methyl sites for hydroxylation is 1. The van der Waals surface area contributed by atoms with Crippen molar-refractivity contribution in [2.75, 3.05) is 38.6 Å². The lowest BCUT2D eigenvalue weighted by atomic mass is 10.2. The highest BCUT2D eigenvalue weighted by atomic mass is 16.5. The molecule has 2 heterocycles. The molecule has 1 aromatic heterocycles. The lowest BCUT2D eigenvalue weighted by molar-refractivity contribution is -0.119. The number of carbonyl (C=O) groups excluding carboxylic acids is 2. The van der Waals surface area contributed by atoms with Crippen LogP contribution in [0.1, 0.15) is 16.3 Å². The molecule has 0 unspecified atom stereocenters. The minimum Gasteiger partial charge on any atom is -0.497 e. The first-order chi connectivity index (χ1) is 12.6. The van der Waals surface area contributed by atoms with Crippen LogP contribution in [0.4, 0.5) is 11.5 Å². The van der Waals surface area contributed by atoms with Crippen LogP contribution in [0.5, 0.6) is 5.75 Å². The van der Waals surface area contributed by atoms with E-state index >= 15 is 0 Å². The number of amides is 2. The van der Waals surface area contributed by atoms with E-state index in [4.69, 9.17) is 4.74 Å². The van der Waals surface area contributed by atoms with Crippen LogP contribution in [0.25, 0.3) is 0 Å². The Morgan fingerprint density at radius 2 is 1.96 bits per heavy atom. The van der Waals surface area contributed by atoms with Gasteiger partial charge >= 0.3 is 0 Å². The number of nitrogens with zero attached hydrogens (tertiary/aromatic N) is 4. The zero-order chi connectivity index (χ0) is 18.5. The average Bonchev–Trinajstić information content (AvgIpc) is 2.67. The van der Waals surface area contributed by atoms with Crippen molar-refractivity contribution in [2.45, 2.75) is 6.92 Å². The van der Waals surface area contributed by atoms with Crippen LogP contribution < -0.4 is 10.1 Å². The van der Waals surface area contributed by atoms with Crippen molar-refractivity contribution >= 4 is 23.8 Å². The van der Waals surface area contributed by atoms with E-state index in [9.17, 15) is 9.59 Å². The molecule has 2 aromatic rings. The minimum absolute atomic E-state index is 0.158. The molecule has 136 valence electrons. The molecular formula is C18H21N5O3. The number of benzene rings is 1. The Kier molecular flexibility index (Phi) is 5.31. The van der Waals surface area contributed by atoms with Gasteiger partial charge in [-0.1, -0.05) is 6.07 Å². The largest absolute Gasteiger partial charge is 0.497 e. The number of piperazine rings is 1. The topological polar surface area (TPSA) is 87.7 Å². The number of aromatic nitrogens is 2. The SMILES string of the molecule is COc1cccc(Nc2cc(C(=O)N3CCN(C=O)CC3)nc(C)n2)c1.